The molecule has 0 saturated carbocycles. The van der Waals surface area contributed by atoms with Gasteiger partial charge in [0.15, 0.2) is 0 Å². The summed E-state index contributed by atoms with van der Waals surface area (Å²) in [5.41, 5.74) is 0.699. The number of nitriles is 1. The monoisotopic (exact) mass is 269 g/mol. The SMILES string of the molecule is N#CC1(C(O)c2cnn(-c3ccccc3)c2)CCOC1. The van der Waals surface area contributed by atoms with Crippen LogP contribution in [0.4, 0.5) is 0 Å². The van der Waals surface area contributed by atoms with Crippen molar-refractivity contribution in [1.82, 2.24) is 9.78 Å². The molecule has 5 nitrogen and oxygen atoms in total. The van der Waals surface area contributed by atoms with E-state index >= 15 is 0 Å². The first-order valence-electron chi connectivity index (χ1n) is 6.52. The predicted octanol–water partition coefficient (Wildman–Crippen LogP) is 1.84. The Balaban J connectivity index is 1.89. The van der Waals surface area contributed by atoms with Gasteiger partial charge in [-0.05, 0) is 18.6 Å². The number of hydrogen-bond donors (Lipinski definition) is 1. The number of aromatic nitrogens is 2. The van der Waals surface area contributed by atoms with E-state index in [1.54, 1.807) is 17.1 Å². The third-order valence-corrected chi connectivity index (χ3v) is 3.74. The Morgan fingerprint density at radius 2 is 2.20 bits per heavy atom. The van der Waals surface area contributed by atoms with Gasteiger partial charge in [-0.15, -0.1) is 0 Å². The molecular formula is C15H15N3O2. The summed E-state index contributed by atoms with van der Waals surface area (Å²) in [5, 5.41) is 24.1. The number of nitrogens with zero attached hydrogens (tertiary/aromatic N) is 3. The number of hydrogen-bond acceptors (Lipinski definition) is 4. The van der Waals surface area contributed by atoms with Gasteiger partial charge in [0.2, 0.25) is 0 Å². The van der Waals surface area contributed by atoms with E-state index in [1.807, 2.05) is 30.3 Å². The van der Waals surface area contributed by atoms with E-state index in [9.17, 15) is 10.4 Å². The average Bonchev–Trinajstić information content (AvgIpc) is 3.17. The lowest BCUT2D eigenvalue weighted by Gasteiger charge is -2.24. The van der Waals surface area contributed by atoms with Gasteiger partial charge < -0.3 is 9.84 Å². The number of aliphatic hydroxyl groups excluding tert-OH is 1. The third-order valence-electron chi connectivity index (χ3n) is 3.74. The van der Waals surface area contributed by atoms with Crippen molar-refractivity contribution < 1.29 is 9.84 Å². The average molecular weight is 269 g/mol. The van der Waals surface area contributed by atoms with E-state index in [-0.39, 0.29) is 6.61 Å². The van der Waals surface area contributed by atoms with Crippen molar-refractivity contribution in [2.24, 2.45) is 5.41 Å². The molecule has 102 valence electrons. The number of ether oxygens (including phenoxy) is 1. The summed E-state index contributed by atoms with van der Waals surface area (Å²) in [7, 11) is 0. The largest absolute Gasteiger partial charge is 0.387 e. The summed E-state index contributed by atoms with van der Waals surface area (Å²) in [6.45, 7) is 0.776. The first kappa shape index (κ1) is 12.9. The van der Waals surface area contributed by atoms with Crippen molar-refractivity contribution >= 4 is 0 Å². The van der Waals surface area contributed by atoms with Crippen LogP contribution in [-0.4, -0.2) is 28.1 Å². The summed E-state index contributed by atoms with van der Waals surface area (Å²) < 4.78 is 6.97. The molecule has 1 aromatic heterocycles. The molecule has 3 rings (SSSR count). The van der Waals surface area contributed by atoms with Gasteiger partial charge in [-0.25, -0.2) is 4.68 Å². The number of para-hydroxylation sites is 1. The zero-order valence-corrected chi connectivity index (χ0v) is 10.9. The highest BCUT2D eigenvalue weighted by molar-refractivity contribution is 5.32. The van der Waals surface area contributed by atoms with Gasteiger partial charge in [-0.1, -0.05) is 18.2 Å². The molecule has 0 aliphatic carbocycles. The molecule has 2 heterocycles. The van der Waals surface area contributed by atoms with Crippen molar-refractivity contribution in [3.05, 3.63) is 48.3 Å². The van der Waals surface area contributed by atoms with Gasteiger partial charge in [0.25, 0.3) is 0 Å². The van der Waals surface area contributed by atoms with Crippen LogP contribution in [0.5, 0.6) is 0 Å². The Kier molecular flexibility index (Phi) is 3.26. The number of aliphatic hydroxyl groups is 1. The molecule has 0 radical (unpaired) electrons. The van der Waals surface area contributed by atoms with Crippen molar-refractivity contribution in [3.8, 4) is 11.8 Å². The topological polar surface area (TPSA) is 71.1 Å². The van der Waals surface area contributed by atoms with Crippen LogP contribution < -0.4 is 0 Å². The summed E-state index contributed by atoms with van der Waals surface area (Å²) in [4.78, 5) is 0. The van der Waals surface area contributed by atoms with E-state index in [2.05, 4.69) is 11.2 Å². The van der Waals surface area contributed by atoms with Crippen LogP contribution in [0.25, 0.3) is 5.69 Å². The van der Waals surface area contributed by atoms with Crippen LogP contribution in [0.1, 0.15) is 18.1 Å². The molecular weight excluding hydrogens is 254 g/mol. The van der Waals surface area contributed by atoms with E-state index < -0.39 is 11.5 Å². The van der Waals surface area contributed by atoms with E-state index in [4.69, 9.17) is 4.74 Å². The smallest absolute Gasteiger partial charge is 0.113 e. The summed E-state index contributed by atoms with van der Waals surface area (Å²) in [5.74, 6) is 0. The zero-order valence-electron chi connectivity index (χ0n) is 10.9. The Morgan fingerprint density at radius 1 is 1.40 bits per heavy atom. The van der Waals surface area contributed by atoms with Crippen LogP contribution >= 0.6 is 0 Å². The molecule has 1 N–H and O–H groups in total. The Bertz CT molecular complexity index is 624. The molecule has 0 bridgehead atoms. The second kappa shape index (κ2) is 5.08. The van der Waals surface area contributed by atoms with Crippen LogP contribution in [0.15, 0.2) is 42.7 Å². The van der Waals surface area contributed by atoms with E-state index in [0.717, 1.165) is 5.69 Å². The van der Waals surface area contributed by atoms with Crippen molar-refractivity contribution in [2.45, 2.75) is 12.5 Å². The maximum atomic E-state index is 10.5. The first-order chi connectivity index (χ1) is 9.75. The lowest BCUT2D eigenvalue weighted by molar-refractivity contribution is 0.0504. The van der Waals surface area contributed by atoms with Gasteiger partial charge >= 0.3 is 0 Å². The van der Waals surface area contributed by atoms with Crippen LogP contribution in [0.2, 0.25) is 0 Å². The van der Waals surface area contributed by atoms with Crippen molar-refractivity contribution in [3.63, 3.8) is 0 Å². The molecule has 0 spiro atoms. The summed E-state index contributed by atoms with van der Waals surface area (Å²) in [6, 6.07) is 11.9. The highest BCUT2D eigenvalue weighted by atomic mass is 16.5. The van der Waals surface area contributed by atoms with Crippen LogP contribution in [0, 0.1) is 16.7 Å². The molecule has 2 unspecified atom stereocenters. The molecule has 1 saturated heterocycles. The van der Waals surface area contributed by atoms with Crippen LogP contribution in [0.3, 0.4) is 0 Å². The Morgan fingerprint density at radius 3 is 2.85 bits per heavy atom. The van der Waals surface area contributed by atoms with Gasteiger partial charge in [0.05, 0.1) is 24.6 Å². The van der Waals surface area contributed by atoms with Gasteiger partial charge in [-0.2, -0.15) is 10.4 Å². The fourth-order valence-corrected chi connectivity index (χ4v) is 2.46. The lowest BCUT2D eigenvalue weighted by Crippen LogP contribution is -2.27. The first-order valence-corrected chi connectivity index (χ1v) is 6.52. The summed E-state index contributed by atoms with van der Waals surface area (Å²) in [6.07, 6.45) is 3.03. The maximum absolute atomic E-state index is 10.5. The molecule has 5 heteroatoms. The minimum atomic E-state index is -0.882. The Hall–Kier alpha value is -2.16. The van der Waals surface area contributed by atoms with E-state index in [0.29, 0.717) is 18.6 Å². The standard InChI is InChI=1S/C15H15N3O2/c16-10-15(6-7-20-11-15)14(19)12-8-17-18(9-12)13-4-2-1-3-5-13/h1-5,8-9,14,19H,6-7,11H2. The molecule has 2 atom stereocenters. The third kappa shape index (κ3) is 2.09. The maximum Gasteiger partial charge on any atom is 0.113 e. The van der Waals surface area contributed by atoms with Gasteiger partial charge in [0.1, 0.15) is 11.5 Å². The predicted molar refractivity (Wildman–Crippen MR) is 72.0 cm³/mol. The molecule has 1 aromatic carbocycles. The normalized spacial score (nSPS) is 23.4. The summed E-state index contributed by atoms with van der Waals surface area (Å²) >= 11 is 0. The van der Waals surface area contributed by atoms with Crippen molar-refractivity contribution in [1.29, 1.82) is 5.26 Å². The fourth-order valence-electron chi connectivity index (χ4n) is 2.46. The van der Waals surface area contributed by atoms with Crippen LogP contribution in [-0.2, 0) is 4.74 Å². The highest BCUT2D eigenvalue weighted by Gasteiger charge is 2.43. The minimum Gasteiger partial charge on any atom is -0.387 e. The molecule has 1 aliphatic heterocycles. The molecule has 2 aromatic rings. The minimum absolute atomic E-state index is 0.265. The van der Waals surface area contributed by atoms with Gasteiger partial charge in [-0.3, -0.25) is 0 Å². The quantitative estimate of drug-likeness (QED) is 0.922. The number of rotatable bonds is 3. The number of benzene rings is 1. The second-order valence-corrected chi connectivity index (χ2v) is 5.03. The zero-order chi connectivity index (χ0) is 14.0. The fraction of sp³-hybridized carbons (Fsp3) is 0.333. The molecule has 1 fully saturated rings. The van der Waals surface area contributed by atoms with Gasteiger partial charge in [0, 0.05) is 18.4 Å². The molecule has 20 heavy (non-hydrogen) atoms. The Labute approximate surface area is 117 Å². The second-order valence-electron chi connectivity index (χ2n) is 5.03. The molecule has 0 amide bonds. The lowest BCUT2D eigenvalue weighted by atomic mass is 9.80. The highest BCUT2D eigenvalue weighted by Crippen LogP contribution is 2.40. The van der Waals surface area contributed by atoms with E-state index in [1.165, 1.54) is 0 Å². The molecule has 1 aliphatic rings. The van der Waals surface area contributed by atoms with Crippen molar-refractivity contribution in [2.75, 3.05) is 13.2 Å².